The molecule has 2 aromatic rings. The topological polar surface area (TPSA) is 30.7 Å². The molecule has 0 bridgehead atoms. The molecule has 1 atom stereocenters. The van der Waals surface area contributed by atoms with Crippen LogP contribution in [0.25, 0.3) is 0 Å². The molecule has 1 fully saturated rings. The zero-order chi connectivity index (χ0) is 12.1. The second-order valence-electron chi connectivity index (χ2n) is 5.16. The highest BCUT2D eigenvalue weighted by Gasteiger charge is 2.36. The Bertz CT molecular complexity index is 601. The summed E-state index contributed by atoms with van der Waals surface area (Å²) in [6.07, 6.45) is 3.67. The maximum atomic E-state index is 4.45. The first kappa shape index (κ1) is 10.7. The van der Waals surface area contributed by atoms with Gasteiger partial charge in [-0.25, -0.2) is 0 Å². The summed E-state index contributed by atoms with van der Waals surface area (Å²) in [6, 6.07) is 9.33. The largest absolute Gasteiger partial charge is 0.311 e. The quantitative estimate of drug-likeness (QED) is 0.815. The lowest BCUT2D eigenvalue weighted by atomic mass is 9.77. The van der Waals surface area contributed by atoms with Gasteiger partial charge in [0.15, 0.2) is 0 Å². The fraction of sp³-hybridized carbons (Fsp3) is 0.429. The van der Waals surface area contributed by atoms with E-state index >= 15 is 0 Å². The number of benzene rings is 1. The number of hydrogen-bond donors (Lipinski definition) is 0. The molecule has 1 aromatic carbocycles. The normalized spacial score (nSPS) is 21.5. The van der Waals surface area contributed by atoms with Gasteiger partial charge in [0.25, 0.3) is 0 Å². The number of rotatable bonds is 3. The van der Waals surface area contributed by atoms with Crippen molar-refractivity contribution in [1.29, 1.82) is 0 Å². The Morgan fingerprint density at radius 3 is 2.78 bits per heavy atom. The van der Waals surface area contributed by atoms with E-state index in [4.69, 9.17) is 0 Å². The minimum Gasteiger partial charge on any atom is -0.311 e. The van der Waals surface area contributed by atoms with Gasteiger partial charge in [0.1, 0.15) is 11.6 Å². The molecule has 2 aliphatic rings. The molecular formula is C14H14BrN3. The van der Waals surface area contributed by atoms with Gasteiger partial charge in [0.05, 0.1) is 5.33 Å². The third-order valence-electron chi connectivity index (χ3n) is 3.99. The highest BCUT2D eigenvalue weighted by atomic mass is 79.9. The number of alkyl halides is 1. The highest BCUT2D eigenvalue weighted by molar-refractivity contribution is 9.08. The van der Waals surface area contributed by atoms with Gasteiger partial charge < -0.3 is 4.57 Å². The van der Waals surface area contributed by atoms with Crippen molar-refractivity contribution in [3.63, 3.8) is 0 Å². The molecule has 1 saturated carbocycles. The van der Waals surface area contributed by atoms with Gasteiger partial charge in [-0.2, -0.15) is 0 Å². The number of halogens is 1. The summed E-state index contributed by atoms with van der Waals surface area (Å²) in [5.41, 5.74) is 2.90. The zero-order valence-corrected chi connectivity index (χ0v) is 11.6. The third kappa shape index (κ3) is 1.48. The van der Waals surface area contributed by atoms with Crippen molar-refractivity contribution >= 4 is 15.9 Å². The number of aromatic nitrogens is 3. The summed E-state index contributed by atoms with van der Waals surface area (Å²) in [5, 5.41) is 9.59. The second kappa shape index (κ2) is 3.92. The first-order valence-corrected chi connectivity index (χ1v) is 7.58. The minimum absolute atomic E-state index is 0.460. The van der Waals surface area contributed by atoms with E-state index in [0.717, 1.165) is 17.6 Å². The van der Waals surface area contributed by atoms with E-state index in [9.17, 15) is 0 Å². The van der Waals surface area contributed by atoms with Crippen LogP contribution < -0.4 is 0 Å². The molecule has 2 aliphatic carbocycles. The van der Waals surface area contributed by atoms with Crippen LogP contribution in [0, 0.1) is 0 Å². The van der Waals surface area contributed by atoms with Crippen LogP contribution in [0.3, 0.4) is 0 Å². The molecule has 92 valence electrons. The first-order valence-electron chi connectivity index (χ1n) is 6.46. The van der Waals surface area contributed by atoms with E-state index in [0.29, 0.717) is 12.0 Å². The lowest BCUT2D eigenvalue weighted by Gasteiger charge is -2.29. The Labute approximate surface area is 114 Å². The molecule has 0 aliphatic heterocycles. The standard InChI is InChI=1S/C14H14BrN3/c15-8-13-16-17-14(18(13)10-5-6-10)12-7-9-3-1-2-4-11(9)12/h1-4,10,12H,5-8H2. The molecule has 0 N–H and O–H groups in total. The monoisotopic (exact) mass is 303 g/mol. The van der Waals surface area contributed by atoms with Crippen molar-refractivity contribution in [3.05, 3.63) is 47.0 Å². The van der Waals surface area contributed by atoms with Crippen LogP contribution in [-0.4, -0.2) is 14.8 Å². The number of fused-ring (bicyclic) bond motifs is 1. The molecule has 1 heterocycles. The van der Waals surface area contributed by atoms with Crippen LogP contribution in [0.15, 0.2) is 24.3 Å². The summed E-state index contributed by atoms with van der Waals surface area (Å²) in [5.74, 6) is 2.71. The molecule has 18 heavy (non-hydrogen) atoms. The van der Waals surface area contributed by atoms with Crippen molar-refractivity contribution in [2.45, 2.75) is 36.6 Å². The van der Waals surface area contributed by atoms with Crippen LogP contribution in [0.1, 0.15) is 47.6 Å². The predicted octanol–water partition coefficient (Wildman–Crippen LogP) is 3.20. The van der Waals surface area contributed by atoms with E-state index in [1.807, 2.05) is 0 Å². The minimum atomic E-state index is 0.460. The first-order chi connectivity index (χ1) is 8.88. The Balaban J connectivity index is 1.77. The van der Waals surface area contributed by atoms with Crippen LogP contribution >= 0.6 is 15.9 Å². The Kier molecular flexibility index (Phi) is 2.34. The van der Waals surface area contributed by atoms with Crippen molar-refractivity contribution in [2.24, 2.45) is 0 Å². The van der Waals surface area contributed by atoms with Crippen molar-refractivity contribution < 1.29 is 0 Å². The maximum Gasteiger partial charge on any atom is 0.143 e. The van der Waals surface area contributed by atoms with Gasteiger partial charge in [-0.3, -0.25) is 0 Å². The molecule has 4 rings (SSSR count). The van der Waals surface area contributed by atoms with E-state index in [-0.39, 0.29) is 0 Å². The molecular weight excluding hydrogens is 290 g/mol. The molecule has 0 spiro atoms. The van der Waals surface area contributed by atoms with Crippen LogP contribution in [0.4, 0.5) is 0 Å². The average Bonchev–Trinajstić information content (AvgIpc) is 3.12. The predicted molar refractivity (Wildman–Crippen MR) is 72.9 cm³/mol. The van der Waals surface area contributed by atoms with Crippen LogP contribution in [0.2, 0.25) is 0 Å². The molecule has 0 radical (unpaired) electrons. The van der Waals surface area contributed by atoms with E-state index in [2.05, 4.69) is 55.0 Å². The van der Waals surface area contributed by atoms with Gasteiger partial charge >= 0.3 is 0 Å². The fourth-order valence-electron chi connectivity index (χ4n) is 2.89. The summed E-state index contributed by atoms with van der Waals surface area (Å²) >= 11 is 3.52. The smallest absolute Gasteiger partial charge is 0.143 e. The van der Waals surface area contributed by atoms with Crippen molar-refractivity contribution in [1.82, 2.24) is 14.8 Å². The fourth-order valence-corrected chi connectivity index (χ4v) is 3.27. The van der Waals surface area contributed by atoms with Gasteiger partial charge in [-0.05, 0) is 30.4 Å². The van der Waals surface area contributed by atoms with Crippen molar-refractivity contribution in [3.8, 4) is 0 Å². The second-order valence-corrected chi connectivity index (χ2v) is 5.73. The summed E-state index contributed by atoms with van der Waals surface area (Å²) in [6.45, 7) is 0. The Morgan fingerprint density at radius 2 is 2.06 bits per heavy atom. The van der Waals surface area contributed by atoms with Gasteiger partial charge in [-0.15, -0.1) is 10.2 Å². The van der Waals surface area contributed by atoms with E-state index in [1.165, 1.54) is 29.8 Å². The molecule has 1 aromatic heterocycles. The van der Waals surface area contributed by atoms with Crippen LogP contribution in [0.5, 0.6) is 0 Å². The Hall–Kier alpha value is -1.16. The van der Waals surface area contributed by atoms with Crippen LogP contribution in [-0.2, 0) is 11.8 Å². The van der Waals surface area contributed by atoms with Gasteiger partial charge in [-0.1, -0.05) is 40.2 Å². The van der Waals surface area contributed by atoms with E-state index in [1.54, 1.807) is 0 Å². The molecule has 1 unspecified atom stereocenters. The van der Waals surface area contributed by atoms with Gasteiger partial charge in [0, 0.05) is 12.0 Å². The third-order valence-corrected chi connectivity index (χ3v) is 4.49. The zero-order valence-electron chi connectivity index (χ0n) is 10.0. The molecule has 3 nitrogen and oxygen atoms in total. The lowest BCUT2D eigenvalue weighted by molar-refractivity contribution is 0.582. The summed E-state index contributed by atoms with van der Waals surface area (Å²) in [4.78, 5) is 0. The SMILES string of the molecule is BrCc1nnc(C2Cc3ccccc32)n1C1CC1. The summed E-state index contributed by atoms with van der Waals surface area (Å²) < 4.78 is 2.37. The lowest BCUT2D eigenvalue weighted by Crippen LogP contribution is -2.22. The summed E-state index contributed by atoms with van der Waals surface area (Å²) in [7, 11) is 0. The van der Waals surface area contributed by atoms with E-state index < -0.39 is 0 Å². The molecule has 0 amide bonds. The maximum absolute atomic E-state index is 4.45. The molecule has 4 heteroatoms. The van der Waals surface area contributed by atoms with Gasteiger partial charge in [0.2, 0.25) is 0 Å². The van der Waals surface area contributed by atoms with Crippen molar-refractivity contribution in [2.75, 3.05) is 0 Å². The number of hydrogen-bond acceptors (Lipinski definition) is 2. The average molecular weight is 304 g/mol. The number of nitrogens with zero attached hydrogens (tertiary/aromatic N) is 3. The Morgan fingerprint density at radius 1 is 1.22 bits per heavy atom. The molecule has 0 saturated heterocycles. The highest BCUT2D eigenvalue weighted by Crippen LogP contribution is 2.44.